The van der Waals surface area contributed by atoms with Crippen molar-refractivity contribution in [3.63, 3.8) is 0 Å². The van der Waals surface area contributed by atoms with Crippen LogP contribution in [0.5, 0.6) is 0 Å². The average molecular weight is 342 g/mol. The number of H-pyrrole nitrogens is 1. The maximum absolute atomic E-state index is 13.9. The molecule has 0 saturated carbocycles. The minimum atomic E-state index is -4.58. The Bertz CT molecular complexity index is 831. The lowest BCUT2D eigenvalue weighted by Crippen LogP contribution is -2.35. The van der Waals surface area contributed by atoms with Gasteiger partial charge in [0.25, 0.3) is 5.56 Å². The van der Waals surface area contributed by atoms with Crippen molar-refractivity contribution in [1.29, 1.82) is 0 Å². The van der Waals surface area contributed by atoms with Gasteiger partial charge in [0.2, 0.25) is 5.95 Å². The molecule has 0 saturated heterocycles. The Hall–Kier alpha value is -2.42. The van der Waals surface area contributed by atoms with E-state index in [2.05, 4.69) is 9.97 Å². The fraction of sp³-hybridized carbons (Fsp3) is 0.333. The number of halogens is 4. The standard InChI is InChI=1S/C15H14F4N4O/c16-11-5-9(15(17,18)19)2-1-8(11)6-23-4-3-12-10(7-23)13(24)22-14(20)21-12/h1-2,5H,3-4,6-7H2,(H3,20,21,22,24). The third kappa shape index (κ3) is 3.25. The number of alkyl halides is 3. The third-order valence-electron chi connectivity index (χ3n) is 3.94. The Morgan fingerprint density at radius 3 is 2.75 bits per heavy atom. The van der Waals surface area contributed by atoms with E-state index in [-0.39, 0.29) is 30.2 Å². The molecule has 3 N–H and O–H groups in total. The van der Waals surface area contributed by atoms with Crippen LogP contribution >= 0.6 is 0 Å². The predicted octanol–water partition coefficient (Wildman–Crippen LogP) is 2.07. The second kappa shape index (κ2) is 5.90. The zero-order valence-corrected chi connectivity index (χ0v) is 12.5. The first kappa shape index (κ1) is 16.4. The molecule has 5 nitrogen and oxygen atoms in total. The van der Waals surface area contributed by atoms with E-state index < -0.39 is 17.6 Å². The van der Waals surface area contributed by atoms with E-state index in [1.165, 1.54) is 0 Å². The van der Waals surface area contributed by atoms with E-state index in [9.17, 15) is 22.4 Å². The van der Waals surface area contributed by atoms with Crippen LogP contribution < -0.4 is 11.3 Å². The topological polar surface area (TPSA) is 75.0 Å². The van der Waals surface area contributed by atoms with E-state index in [1.54, 1.807) is 4.90 Å². The zero-order valence-electron chi connectivity index (χ0n) is 12.5. The fourth-order valence-electron chi connectivity index (χ4n) is 2.73. The van der Waals surface area contributed by atoms with Gasteiger partial charge in [-0.1, -0.05) is 6.07 Å². The molecule has 2 heterocycles. The van der Waals surface area contributed by atoms with Crippen molar-refractivity contribution in [3.8, 4) is 0 Å². The summed E-state index contributed by atoms with van der Waals surface area (Å²) in [6.45, 7) is 0.842. The van der Waals surface area contributed by atoms with Gasteiger partial charge in [-0.15, -0.1) is 0 Å². The van der Waals surface area contributed by atoms with Crippen LogP contribution in [0.25, 0.3) is 0 Å². The second-order valence-corrected chi connectivity index (χ2v) is 5.64. The lowest BCUT2D eigenvalue weighted by Gasteiger charge is -2.27. The Labute approximate surface area is 134 Å². The SMILES string of the molecule is Nc1nc2c(c(=O)[nH]1)CN(Cc1ccc(C(F)(F)F)cc1F)CC2. The van der Waals surface area contributed by atoms with Crippen molar-refractivity contribution < 1.29 is 17.6 Å². The molecule has 0 aliphatic carbocycles. The van der Waals surface area contributed by atoms with Crippen LogP contribution in [0, 0.1) is 5.82 Å². The summed E-state index contributed by atoms with van der Waals surface area (Å²) in [5, 5.41) is 0. The number of hydrogen-bond acceptors (Lipinski definition) is 4. The van der Waals surface area contributed by atoms with E-state index in [4.69, 9.17) is 5.73 Å². The van der Waals surface area contributed by atoms with Crippen LogP contribution in [0.4, 0.5) is 23.5 Å². The molecule has 0 fully saturated rings. The smallest absolute Gasteiger partial charge is 0.369 e. The maximum atomic E-state index is 13.9. The monoisotopic (exact) mass is 342 g/mol. The molecule has 1 aliphatic heterocycles. The van der Waals surface area contributed by atoms with Gasteiger partial charge in [-0.05, 0) is 12.1 Å². The number of benzene rings is 1. The number of aromatic nitrogens is 2. The minimum absolute atomic E-state index is 0.0426. The van der Waals surface area contributed by atoms with Crippen molar-refractivity contribution in [3.05, 3.63) is 56.8 Å². The summed E-state index contributed by atoms with van der Waals surface area (Å²) in [4.78, 5) is 20.2. The Morgan fingerprint density at radius 2 is 2.08 bits per heavy atom. The molecule has 0 amide bonds. The van der Waals surface area contributed by atoms with Crippen LogP contribution in [-0.2, 0) is 25.7 Å². The molecule has 3 rings (SSSR count). The first-order valence-electron chi connectivity index (χ1n) is 7.19. The molecule has 0 radical (unpaired) electrons. The molecule has 24 heavy (non-hydrogen) atoms. The van der Waals surface area contributed by atoms with Gasteiger partial charge in [0.15, 0.2) is 0 Å². The van der Waals surface area contributed by atoms with Gasteiger partial charge in [0.1, 0.15) is 5.82 Å². The number of hydrogen-bond donors (Lipinski definition) is 2. The molecule has 0 spiro atoms. The van der Waals surface area contributed by atoms with Crippen LogP contribution in [0.2, 0.25) is 0 Å². The molecule has 0 unspecified atom stereocenters. The largest absolute Gasteiger partial charge is 0.416 e. The number of rotatable bonds is 2. The molecule has 128 valence electrons. The third-order valence-corrected chi connectivity index (χ3v) is 3.94. The Kier molecular flexibility index (Phi) is 4.04. The highest BCUT2D eigenvalue weighted by molar-refractivity contribution is 5.29. The first-order chi connectivity index (χ1) is 11.2. The van der Waals surface area contributed by atoms with Crippen molar-refractivity contribution in [1.82, 2.24) is 14.9 Å². The minimum Gasteiger partial charge on any atom is -0.369 e. The number of nitrogen functional groups attached to an aromatic ring is 1. The molecule has 0 atom stereocenters. The second-order valence-electron chi connectivity index (χ2n) is 5.64. The van der Waals surface area contributed by atoms with Crippen molar-refractivity contribution in [2.75, 3.05) is 12.3 Å². The molecule has 0 bridgehead atoms. The lowest BCUT2D eigenvalue weighted by molar-refractivity contribution is -0.137. The summed E-state index contributed by atoms with van der Waals surface area (Å²) in [5.41, 5.74) is 5.30. The number of fused-ring (bicyclic) bond motifs is 1. The fourth-order valence-corrected chi connectivity index (χ4v) is 2.73. The quantitative estimate of drug-likeness (QED) is 0.820. The number of anilines is 1. The highest BCUT2D eigenvalue weighted by atomic mass is 19.4. The lowest BCUT2D eigenvalue weighted by atomic mass is 10.1. The van der Waals surface area contributed by atoms with Gasteiger partial charge in [0.05, 0.1) is 16.8 Å². The van der Waals surface area contributed by atoms with Gasteiger partial charge < -0.3 is 5.73 Å². The number of nitrogens with two attached hydrogens (primary N) is 1. The van der Waals surface area contributed by atoms with Crippen LogP contribution in [0.3, 0.4) is 0 Å². The van der Waals surface area contributed by atoms with Gasteiger partial charge >= 0.3 is 6.18 Å². The predicted molar refractivity (Wildman–Crippen MR) is 78.5 cm³/mol. The first-order valence-corrected chi connectivity index (χ1v) is 7.19. The van der Waals surface area contributed by atoms with Crippen molar-refractivity contribution in [2.24, 2.45) is 0 Å². The summed E-state index contributed by atoms with van der Waals surface area (Å²) in [6.07, 6.45) is -4.12. The van der Waals surface area contributed by atoms with E-state index >= 15 is 0 Å². The summed E-state index contributed by atoms with van der Waals surface area (Å²) < 4.78 is 51.6. The van der Waals surface area contributed by atoms with Crippen LogP contribution in [0.1, 0.15) is 22.4 Å². The summed E-state index contributed by atoms with van der Waals surface area (Å²) in [5.74, 6) is -0.874. The molecule has 1 aliphatic rings. The Morgan fingerprint density at radius 1 is 1.33 bits per heavy atom. The van der Waals surface area contributed by atoms with Crippen molar-refractivity contribution in [2.45, 2.75) is 25.7 Å². The van der Waals surface area contributed by atoms with Crippen LogP contribution in [0.15, 0.2) is 23.0 Å². The van der Waals surface area contributed by atoms with Crippen molar-refractivity contribution >= 4 is 5.95 Å². The molecule has 2 aromatic rings. The van der Waals surface area contributed by atoms with E-state index in [1.807, 2.05) is 0 Å². The van der Waals surface area contributed by atoms with Gasteiger partial charge in [-0.2, -0.15) is 13.2 Å². The highest BCUT2D eigenvalue weighted by Crippen LogP contribution is 2.30. The molecule has 1 aromatic heterocycles. The van der Waals surface area contributed by atoms with Gasteiger partial charge in [-0.3, -0.25) is 14.7 Å². The highest BCUT2D eigenvalue weighted by Gasteiger charge is 2.31. The average Bonchev–Trinajstić information content (AvgIpc) is 2.48. The summed E-state index contributed by atoms with van der Waals surface area (Å²) in [6, 6.07) is 2.47. The number of aromatic amines is 1. The number of nitrogens with one attached hydrogen (secondary N) is 1. The van der Waals surface area contributed by atoms with E-state index in [0.29, 0.717) is 30.3 Å². The summed E-state index contributed by atoms with van der Waals surface area (Å²) >= 11 is 0. The molecular formula is C15H14F4N4O. The zero-order chi connectivity index (χ0) is 17.5. The summed E-state index contributed by atoms with van der Waals surface area (Å²) in [7, 11) is 0. The van der Waals surface area contributed by atoms with Crippen LogP contribution in [-0.4, -0.2) is 21.4 Å². The van der Waals surface area contributed by atoms with E-state index in [0.717, 1.165) is 12.1 Å². The maximum Gasteiger partial charge on any atom is 0.416 e. The molecular weight excluding hydrogens is 328 g/mol. The van der Waals surface area contributed by atoms with Gasteiger partial charge in [-0.25, -0.2) is 9.37 Å². The van der Waals surface area contributed by atoms with Gasteiger partial charge in [0, 0.05) is 31.6 Å². The number of nitrogens with zero attached hydrogens (tertiary/aromatic N) is 2. The normalized spacial score (nSPS) is 15.3. The molecule has 9 heteroatoms. The Balaban J connectivity index is 1.79. The molecule has 1 aromatic carbocycles.